The largest absolute Gasteiger partial charge is 0.323 e. The van der Waals surface area contributed by atoms with Crippen LogP contribution in [0.15, 0.2) is 60.7 Å². The molecule has 2 rings (SSSR count). The molecule has 1 amide bonds. The van der Waals surface area contributed by atoms with Crippen LogP contribution in [0.3, 0.4) is 0 Å². The normalized spacial score (nSPS) is 10.2. The van der Waals surface area contributed by atoms with E-state index >= 15 is 0 Å². The zero-order chi connectivity index (χ0) is 14.2. The van der Waals surface area contributed by atoms with E-state index in [1.807, 2.05) is 42.5 Å². The number of hydrogen-bond donors (Lipinski definition) is 1. The molecule has 1 N–H and O–H groups in total. The molecule has 0 saturated heterocycles. The van der Waals surface area contributed by atoms with Gasteiger partial charge in [-0.15, -0.1) is 0 Å². The van der Waals surface area contributed by atoms with Crippen LogP contribution in [0.5, 0.6) is 0 Å². The zero-order valence-corrected chi connectivity index (χ0v) is 10.9. The molecule has 0 bridgehead atoms. The average molecular weight is 262 g/mol. The molecular weight excluding hydrogens is 248 g/mol. The maximum atomic E-state index is 11.7. The van der Waals surface area contributed by atoms with Gasteiger partial charge in [-0.2, -0.15) is 5.26 Å². The van der Waals surface area contributed by atoms with E-state index in [0.29, 0.717) is 6.42 Å². The SMILES string of the molecule is N#CCc1ccc(NC(=O)/C=C/c2ccccc2)cc1. The van der Waals surface area contributed by atoms with Crippen LogP contribution in [0.1, 0.15) is 11.1 Å². The molecule has 0 radical (unpaired) electrons. The van der Waals surface area contributed by atoms with Gasteiger partial charge in [0, 0.05) is 11.8 Å². The second-order valence-corrected chi connectivity index (χ2v) is 4.27. The summed E-state index contributed by atoms with van der Waals surface area (Å²) in [6.45, 7) is 0. The van der Waals surface area contributed by atoms with Crippen molar-refractivity contribution in [1.29, 1.82) is 5.26 Å². The first-order valence-corrected chi connectivity index (χ1v) is 6.28. The maximum Gasteiger partial charge on any atom is 0.248 e. The van der Waals surface area contributed by atoms with Crippen LogP contribution in [0.2, 0.25) is 0 Å². The molecule has 0 unspecified atom stereocenters. The number of carbonyl (C=O) groups excluding carboxylic acids is 1. The number of hydrogen-bond acceptors (Lipinski definition) is 2. The molecule has 0 aliphatic rings. The molecule has 0 heterocycles. The van der Waals surface area contributed by atoms with Gasteiger partial charge < -0.3 is 5.32 Å². The van der Waals surface area contributed by atoms with Gasteiger partial charge in [-0.3, -0.25) is 4.79 Å². The van der Waals surface area contributed by atoms with Crippen molar-refractivity contribution < 1.29 is 4.79 Å². The monoisotopic (exact) mass is 262 g/mol. The van der Waals surface area contributed by atoms with Crippen molar-refractivity contribution in [2.75, 3.05) is 5.32 Å². The molecule has 3 nitrogen and oxygen atoms in total. The van der Waals surface area contributed by atoms with Crippen molar-refractivity contribution >= 4 is 17.7 Å². The first-order valence-electron chi connectivity index (χ1n) is 6.28. The minimum atomic E-state index is -0.179. The lowest BCUT2D eigenvalue weighted by Gasteiger charge is -2.02. The van der Waals surface area contributed by atoms with Gasteiger partial charge in [0.05, 0.1) is 12.5 Å². The zero-order valence-electron chi connectivity index (χ0n) is 10.9. The Morgan fingerprint density at radius 3 is 2.45 bits per heavy atom. The van der Waals surface area contributed by atoms with Gasteiger partial charge in [-0.25, -0.2) is 0 Å². The predicted octanol–water partition coefficient (Wildman–Crippen LogP) is 3.40. The first-order chi connectivity index (χ1) is 9.78. The highest BCUT2D eigenvalue weighted by atomic mass is 16.1. The highest BCUT2D eigenvalue weighted by Gasteiger charge is 1.98. The van der Waals surface area contributed by atoms with E-state index in [1.165, 1.54) is 6.08 Å². The van der Waals surface area contributed by atoms with Crippen LogP contribution in [-0.2, 0) is 11.2 Å². The minimum Gasteiger partial charge on any atom is -0.323 e. The van der Waals surface area contributed by atoms with Gasteiger partial charge in [0.15, 0.2) is 0 Å². The van der Waals surface area contributed by atoms with Crippen LogP contribution < -0.4 is 5.32 Å². The smallest absolute Gasteiger partial charge is 0.248 e. The quantitative estimate of drug-likeness (QED) is 0.858. The Kier molecular flexibility index (Phi) is 4.69. The fourth-order valence-corrected chi connectivity index (χ4v) is 1.72. The van der Waals surface area contributed by atoms with Crippen LogP contribution in [0, 0.1) is 11.3 Å². The summed E-state index contributed by atoms with van der Waals surface area (Å²) >= 11 is 0. The molecular formula is C17H14N2O. The Hall–Kier alpha value is -2.86. The lowest BCUT2D eigenvalue weighted by atomic mass is 10.1. The minimum absolute atomic E-state index is 0.179. The Morgan fingerprint density at radius 2 is 1.80 bits per heavy atom. The Bertz CT molecular complexity index is 637. The van der Waals surface area contributed by atoms with Gasteiger partial charge in [-0.05, 0) is 29.3 Å². The summed E-state index contributed by atoms with van der Waals surface area (Å²) in [6, 6.07) is 19.0. The van der Waals surface area contributed by atoms with Gasteiger partial charge >= 0.3 is 0 Å². The third kappa shape index (κ3) is 4.11. The number of rotatable bonds is 4. The molecule has 0 aliphatic heterocycles. The summed E-state index contributed by atoms with van der Waals surface area (Å²) in [5.74, 6) is -0.179. The lowest BCUT2D eigenvalue weighted by Crippen LogP contribution is -2.07. The Labute approximate surface area is 118 Å². The van der Waals surface area contributed by atoms with Crippen molar-refractivity contribution in [3.05, 3.63) is 71.8 Å². The second kappa shape index (κ2) is 6.91. The summed E-state index contributed by atoms with van der Waals surface area (Å²) in [4.78, 5) is 11.7. The average Bonchev–Trinajstić information content (AvgIpc) is 2.49. The van der Waals surface area contributed by atoms with E-state index in [-0.39, 0.29) is 5.91 Å². The number of carbonyl (C=O) groups is 1. The third-order valence-corrected chi connectivity index (χ3v) is 2.73. The molecule has 20 heavy (non-hydrogen) atoms. The molecule has 98 valence electrons. The number of nitrogens with zero attached hydrogens (tertiary/aromatic N) is 1. The fraction of sp³-hybridized carbons (Fsp3) is 0.0588. The van der Waals surface area contributed by atoms with Gasteiger partial charge in [-0.1, -0.05) is 42.5 Å². The van der Waals surface area contributed by atoms with Gasteiger partial charge in [0.25, 0.3) is 0 Å². The summed E-state index contributed by atoms with van der Waals surface area (Å²) in [5, 5.41) is 11.4. The molecule has 0 saturated carbocycles. The van der Waals surface area contributed by atoms with Gasteiger partial charge in [0.2, 0.25) is 5.91 Å². The number of nitrogens with one attached hydrogen (secondary N) is 1. The van der Waals surface area contributed by atoms with Crippen LogP contribution >= 0.6 is 0 Å². The standard InChI is InChI=1S/C17H14N2O/c18-13-12-15-6-9-16(10-7-15)19-17(20)11-8-14-4-2-1-3-5-14/h1-11H,12H2,(H,19,20)/b11-8+. The third-order valence-electron chi connectivity index (χ3n) is 2.73. The number of nitriles is 1. The molecule has 0 fully saturated rings. The van der Waals surface area contributed by atoms with Crippen molar-refractivity contribution in [3.8, 4) is 6.07 Å². The maximum absolute atomic E-state index is 11.7. The molecule has 0 atom stereocenters. The van der Waals surface area contributed by atoms with Crippen molar-refractivity contribution in [1.82, 2.24) is 0 Å². The summed E-state index contributed by atoms with van der Waals surface area (Å²) in [6.07, 6.45) is 3.64. The molecule has 3 heteroatoms. The van der Waals surface area contributed by atoms with E-state index in [0.717, 1.165) is 16.8 Å². The van der Waals surface area contributed by atoms with Crippen LogP contribution in [0.4, 0.5) is 5.69 Å². The molecule has 0 aromatic heterocycles. The van der Waals surface area contributed by atoms with E-state index in [4.69, 9.17) is 5.26 Å². The molecule has 0 spiro atoms. The Morgan fingerprint density at radius 1 is 1.10 bits per heavy atom. The summed E-state index contributed by atoms with van der Waals surface area (Å²) in [5.41, 5.74) is 2.63. The fourth-order valence-electron chi connectivity index (χ4n) is 1.72. The van der Waals surface area contributed by atoms with E-state index < -0.39 is 0 Å². The van der Waals surface area contributed by atoms with Crippen molar-refractivity contribution in [3.63, 3.8) is 0 Å². The molecule has 2 aromatic carbocycles. The van der Waals surface area contributed by atoms with Gasteiger partial charge in [0.1, 0.15) is 0 Å². The van der Waals surface area contributed by atoms with E-state index in [9.17, 15) is 4.79 Å². The van der Waals surface area contributed by atoms with E-state index in [1.54, 1.807) is 18.2 Å². The number of benzene rings is 2. The lowest BCUT2D eigenvalue weighted by molar-refractivity contribution is -0.111. The molecule has 2 aromatic rings. The molecule has 0 aliphatic carbocycles. The summed E-state index contributed by atoms with van der Waals surface area (Å²) in [7, 11) is 0. The van der Waals surface area contributed by atoms with Crippen molar-refractivity contribution in [2.24, 2.45) is 0 Å². The highest BCUT2D eigenvalue weighted by Crippen LogP contribution is 2.10. The number of amides is 1. The number of anilines is 1. The van der Waals surface area contributed by atoms with Crippen LogP contribution in [0.25, 0.3) is 6.08 Å². The topological polar surface area (TPSA) is 52.9 Å². The van der Waals surface area contributed by atoms with Crippen molar-refractivity contribution in [2.45, 2.75) is 6.42 Å². The van der Waals surface area contributed by atoms with E-state index in [2.05, 4.69) is 11.4 Å². The summed E-state index contributed by atoms with van der Waals surface area (Å²) < 4.78 is 0. The Balaban J connectivity index is 1.94. The van der Waals surface area contributed by atoms with Crippen LogP contribution in [-0.4, -0.2) is 5.91 Å². The predicted molar refractivity (Wildman–Crippen MR) is 79.9 cm³/mol. The first kappa shape index (κ1) is 13.6. The second-order valence-electron chi connectivity index (χ2n) is 4.27. The highest BCUT2D eigenvalue weighted by molar-refractivity contribution is 6.01.